The number of nitrogens with one attached hydrogen (secondary N) is 1. The van der Waals surface area contributed by atoms with Crippen molar-refractivity contribution in [2.24, 2.45) is 0 Å². The van der Waals surface area contributed by atoms with Crippen LogP contribution in [0, 0.1) is 0 Å². The van der Waals surface area contributed by atoms with Crippen LogP contribution in [0.25, 0.3) is 0 Å². The number of carbonyl (C=O) groups is 3. The monoisotopic (exact) mass is 321 g/mol. The number of carboxylic acids is 1. The van der Waals surface area contributed by atoms with Crippen molar-refractivity contribution in [2.45, 2.75) is 36.6 Å². The Morgan fingerprint density at radius 2 is 1.91 bits per heavy atom. The third-order valence-corrected chi connectivity index (χ3v) is 3.76. The van der Waals surface area contributed by atoms with Crippen LogP contribution < -0.4 is 5.32 Å². The summed E-state index contributed by atoms with van der Waals surface area (Å²) in [6.07, 6.45) is 2.43. The zero-order valence-electron chi connectivity index (χ0n) is 12.2. The smallest absolute Gasteiger partial charge is 0.326 e. The van der Waals surface area contributed by atoms with Gasteiger partial charge in [-0.1, -0.05) is 36.0 Å². The predicted molar refractivity (Wildman–Crippen MR) is 85.5 cm³/mol. The van der Waals surface area contributed by atoms with Gasteiger partial charge >= 0.3 is 5.97 Å². The van der Waals surface area contributed by atoms with Crippen molar-refractivity contribution >= 4 is 28.8 Å². The summed E-state index contributed by atoms with van der Waals surface area (Å²) in [4.78, 5) is 35.3. The lowest BCUT2D eigenvalue weighted by atomic mass is 10.1. The van der Waals surface area contributed by atoms with Crippen molar-refractivity contribution in [2.75, 3.05) is 0 Å². The van der Waals surface area contributed by atoms with Gasteiger partial charge in [0.15, 0.2) is 5.12 Å². The summed E-state index contributed by atoms with van der Waals surface area (Å²) in [6, 6.07) is 8.10. The number of rotatable bonds is 9. The van der Waals surface area contributed by atoms with Crippen LogP contribution in [0.2, 0.25) is 0 Å². The molecule has 5 nitrogen and oxygen atoms in total. The second-order valence-corrected chi connectivity index (χ2v) is 5.74. The largest absolute Gasteiger partial charge is 0.480 e. The van der Waals surface area contributed by atoms with Crippen LogP contribution in [0.3, 0.4) is 0 Å². The topological polar surface area (TPSA) is 83.5 Å². The molecule has 0 fully saturated rings. The molecule has 22 heavy (non-hydrogen) atoms. The van der Waals surface area contributed by atoms with Gasteiger partial charge in [-0.25, -0.2) is 4.79 Å². The first-order chi connectivity index (χ1) is 10.5. The van der Waals surface area contributed by atoms with Crippen molar-refractivity contribution in [1.82, 2.24) is 5.32 Å². The number of carboxylic acid groups (broad SMARTS) is 1. The van der Waals surface area contributed by atoms with E-state index >= 15 is 0 Å². The van der Waals surface area contributed by atoms with Gasteiger partial charge in [0.1, 0.15) is 6.04 Å². The maximum atomic E-state index is 11.8. The Morgan fingerprint density at radius 1 is 1.23 bits per heavy atom. The second-order valence-electron chi connectivity index (χ2n) is 4.61. The molecule has 0 heterocycles. The molecule has 1 aromatic rings. The number of hydrogen-bond acceptors (Lipinski definition) is 4. The van der Waals surface area contributed by atoms with E-state index in [1.165, 1.54) is 0 Å². The molecule has 0 aromatic heterocycles. The molecule has 2 N–H and O–H groups in total. The van der Waals surface area contributed by atoms with Gasteiger partial charge in [0.25, 0.3) is 0 Å². The van der Waals surface area contributed by atoms with Crippen molar-refractivity contribution in [3.8, 4) is 0 Å². The summed E-state index contributed by atoms with van der Waals surface area (Å²) in [5.41, 5.74) is 0. The molecule has 1 unspecified atom stereocenters. The van der Waals surface area contributed by atoms with Gasteiger partial charge in [-0.2, -0.15) is 0 Å². The summed E-state index contributed by atoms with van der Waals surface area (Å²) in [7, 11) is 0. The molecule has 0 bridgehead atoms. The zero-order valence-corrected chi connectivity index (χ0v) is 13.0. The summed E-state index contributed by atoms with van der Waals surface area (Å²) in [6.45, 7) is 3.50. The molecule has 6 heteroatoms. The number of hydrogen-bond donors (Lipinski definition) is 2. The summed E-state index contributed by atoms with van der Waals surface area (Å²) in [5.74, 6) is -1.49. The number of aliphatic carboxylic acids is 1. The Balaban J connectivity index is 2.43. The minimum Gasteiger partial charge on any atom is -0.480 e. The second kappa shape index (κ2) is 9.78. The van der Waals surface area contributed by atoms with Crippen molar-refractivity contribution in [3.05, 3.63) is 43.0 Å². The average Bonchev–Trinajstić information content (AvgIpc) is 2.50. The maximum Gasteiger partial charge on any atom is 0.326 e. The van der Waals surface area contributed by atoms with E-state index in [1.54, 1.807) is 6.08 Å². The number of carbonyl (C=O) groups excluding carboxylic acids is 2. The molecule has 0 saturated heterocycles. The molecular weight excluding hydrogens is 302 g/mol. The standard InChI is InChI=1S/C16H19NO4S/c1-2-3-9-14(18)17-13(16(20)21)10-11-15(19)22-12-7-5-4-6-8-12/h2,4-8,13H,1,3,9-11H2,(H,17,18)(H,20,21). The van der Waals surface area contributed by atoms with Gasteiger partial charge in [0.05, 0.1) is 0 Å². The highest BCUT2D eigenvalue weighted by atomic mass is 32.2. The van der Waals surface area contributed by atoms with E-state index in [2.05, 4.69) is 11.9 Å². The molecule has 0 aliphatic rings. The normalized spacial score (nSPS) is 11.5. The first-order valence-corrected chi connectivity index (χ1v) is 7.73. The molecule has 1 aromatic carbocycles. The van der Waals surface area contributed by atoms with Crippen LogP contribution in [0.1, 0.15) is 25.7 Å². The van der Waals surface area contributed by atoms with E-state index in [4.69, 9.17) is 5.11 Å². The Labute approximate surface area is 133 Å². The van der Waals surface area contributed by atoms with Gasteiger partial charge in [-0.15, -0.1) is 6.58 Å². The third kappa shape index (κ3) is 7.08. The Bertz CT molecular complexity index is 530. The molecule has 0 radical (unpaired) electrons. The van der Waals surface area contributed by atoms with Crippen molar-refractivity contribution in [1.29, 1.82) is 0 Å². The van der Waals surface area contributed by atoms with E-state index in [9.17, 15) is 14.4 Å². The lowest BCUT2D eigenvalue weighted by molar-refractivity contribution is -0.142. The molecule has 1 rings (SSSR count). The SMILES string of the molecule is C=CCCC(=O)NC(CCC(=O)Sc1ccccc1)C(=O)O. The average molecular weight is 321 g/mol. The van der Waals surface area contributed by atoms with E-state index in [0.717, 1.165) is 16.7 Å². The first kappa shape index (κ1) is 18.0. The summed E-state index contributed by atoms with van der Waals surface area (Å²) in [5, 5.41) is 11.4. The van der Waals surface area contributed by atoms with Crippen molar-refractivity contribution < 1.29 is 19.5 Å². The van der Waals surface area contributed by atoms with Gasteiger partial charge in [0, 0.05) is 17.7 Å². The lowest BCUT2D eigenvalue weighted by Gasteiger charge is -2.13. The number of thioether (sulfide) groups is 1. The van der Waals surface area contributed by atoms with E-state index in [1.807, 2.05) is 30.3 Å². The number of allylic oxidation sites excluding steroid dienone is 1. The summed E-state index contributed by atoms with van der Waals surface area (Å²) >= 11 is 1.07. The van der Waals surface area contributed by atoms with Crippen LogP contribution in [-0.2, 0) is 14.4 Å². The highest BCUT2D eigenvalue weighted by Crippen LogP contribution is 2.20. The minimum absolute atomic E-state index is 0.0772. The molecule has 1 atom stereocenters. The predicted octanol–water partition coefficient (Wildman–Crippen LogP) is 2.62. The quantitative estimate of drug-likeness (QED) is 0.539. The Hall–Kier alpha value is -2.08. The van der Waals surface area contributed by atoms with Crippen LogP contribution in [0.4, 0.5) is 0 Å². The fourth-order valence-electron chi connectivity index (χ4n) is 1.69. The van der Waals surface area contributed by atoms with Crippen LogP contribution >= 0.6 is 11.8 Å². The highest BCUT2D eigenvalue weighted by Gasteiger charge is 2.20. The third-order valence-electron chi connectivity index (χ3n) is 2.82. The van der Waals surface area contributed by atoms with Gasteiger partial charge in [-0.3, -0.25) is 9.59 Å². The first-order valence-electron chi connectivity index (χ1n) is 6.91. The van der Waals surface area contributed by atoms with Gasteiger partial charge in [0.2, 0.25) is 5.91 Å². The Kier molecular flexibility index (Phi) is 7.99. The lowest BCUT2D eigenvalue weighted by Crippen LogP contribution is -2.40. The maximum absolute atomic E-state index is 11.8. The highest BCUT2D eigenvalue weighted by molar-refractivity contribution is 8.13. The molecule has 118 valence electrons. The fraction of sp³-hybridized carbons (Fsp3) is 0.312. The van der Waals surface area contributed by atoms with Gasteiger partial charge < -0.3 is 10.4 Å². The molecule has 0 aliphatic heterocycles. The molecular formula is C16H19NO4S. The van der Waals surface area contributed by atoms with Crippen molar-refractivity contribution in [3.63, 3.8) is 0 Å². The van der Waals surface area contributed by atoms with Crippen LogP contribution in [0.5, 0.6) is 0 Å². The summed E-state index contributed by atoms with van der Waals surface area (Å²) < 4.78 is 0. The Morgan fingerprint density at radius 3 is 2.50 bits per heavy atom. The van der Waals surface area contributed by atoms with Gasteiger partial charge in [-0.05, 0) is 25.0 Å². The molecule has 1 amide bonds. The van der Waals surface area contributed by atoms with E-state index < -0.39 is 12.0 Å². The zero-order chi connectivity index (χ0) is 16.4. The van der Waals surface area contributed by atoms with Crippen LogP contribution in [0.15, 0.2) is 47.9 Å². The number of amides is 1. The molecule has 0 saturated carbocycles. The van der Waals surface area contributed by atoms with Crippen LogP contribution in [-0.4, -0.2) is 28.1 Å². The number of benzene rings is 1. The van der Waals surface area contributed by atoms with E-state index in [0.29, 0.717) is 6.42 Å². The fourth-order valence-corrected chi connectivity index (χ4v) is 2.47. The van der Waals surface area contributed by atoms with E-state index in [-0.39, 0.29) is 30.3 Å². The molecule has 0 spiro atoms. The molecule has 0 aliphatic carbocycles. The minimum atomic E-state index is -1.13.